The first-order chi connectivity index (χ1) is 27.5. The minimum atomic E-state index is -0.576. The van der Waals surface area contributed by atoms with Crippen LogP contribution in [0.1, 0.15) is 34.0 Å². The molecule has 2 aromatic carbocycles. The van der Waals surface area contributed by atoms with Crippen LogP contribution >= 0.6 is 34.8 Å². The van der Waals surface area contributed by atoms with Crippen molar-refractivity contribution in [3.05, 3.63) is 159 Å². The molecule has 0 fully saturated rings. The van der Waals surface area contributed by atoms with Crippen LogP contribution in [0.15, 0.2) is 102 Å². The quantitative estimate of drug-likeness (QED) is 0.202. The molecule has 292 valence electrons. The summed E-state index contributed by atoms with van der Waals surface area (Å²) in [5, 5.41) is 25.4. The molecule has 0 bridgehead atoms. The van der Waals surface area contributed by atoms with Crippen molar-refractivity contribution in [2.75, 3.05) is 0 Å². The molecule has 8 aromatic rings. The number of aromatic amines is 1. The number of nitrogens with one attached hydrogen (secondary N) is 1. The summed E-state index contributed by atoms with van der Waals surface area (Å²) in [6, 6.07) is 14.8. The van der Waals surface area contributed by atoms with E-state index in [1.54, 1.807) is 32.2 Å². The fraction of sp³-hybridized carbons (Fsp3) is 0.222. The van der Waals surface area contributed by atoms with Crippen LogP contribution in [0, 0.1) is 13.8 Å². The molecule has 18 nitrogen and oxygen atoms in total. The fourth-order valence-corrected chi connectivity index (χ4v) is 5.68. The highest BCUT2D eigenvalue weighted by Gasteiger charge is 2.13. The van der Waals surface area contributed by atoms with E-state index in [0.717, 1.165) is 16.7 Å². The molecule has 0 unspecified atom stereocenters. The third kappa shape index (κ3) is 10.3. The van der Waals surface area contributed by atoms with Crippen molar-refractivity contribution in [2.24, 2.45) is 0 Å². The molecule has 57 heavy (non-hydrogen) atoms. The smallest absolute Gasteiger partial charge is 0.391 e. The topological polar surface area (TPSA) is 228 Å². The van der Waals surface area contributed by atoms with Gasteiger partial charge in [-0.1, -0.05) is 47.5 Å². The number of rotatable bonds is 9. The van der Waals surface area contributed by atoms with Crippen molar-refractivity contribution in [3.8, 4) is 0 Å². The first kappa shape index (κ1) is 40.3. The average molecular weight is 834 g/mol. The van der Waals surface area contributed by atoms with Crippen molar-refractivity contribution >= 4 is 56.9 Å². The molecular weight excluding hydrogens is 803 g/mol. The Balaban J connectivity index is 0.000000160. The van der Waals surface area contributed by atoms with Crippen LogP contribution in [0.25, 0.3) is 22.1 Å². The summed E-state index contributed by atoms with van der Waals surface area (Å²) < 4.78 is 13.8. The maximum atomic E-state index is 12.7. The third-order valence-corrected chi connectivity index (χ3v) is 8.95. The minimum absolute atomic E-state index is 0.00722. The van der Waals surface area contributed by atoms with Crippen LogP contribution < -0.4 is 22.6 Å². The lowest BCUT2D eigenvalue weighted by atomic mass is 10.1. The molecule has 8 rings (SSSR count). The Morgan fingerprint density at radius 3 is 1.72 bits per heavy atom. The molecule has 0 amide bonds. The zero-order chi connectivity index (χ0) is 40.5. The number of halogens is 3. The highest BCUT2D eigenvalue weighted by atomic mass is 35.5. The molecule has 0 atom stereocenters. The number of benzene rings is 2. The number of fused-ring (bicyclic) bond motifs is 2. The molecule has 0 aliphatic heterocycles. The Morgan fingerprint density at radius 1 is 0.684 bits per heavy atom. The lowest BCUT2D eigenvalue weighted by Gasteiger charge is -2.04. The molecule has 0 aliphatic carbocycles. The van der Waals surface area contributed by atoms with Gasteiger partial charge in [-0.3, -0.25) is 14.2 Å². The van der Waals surface area contributed by atoms with E-state index in [-0.39, 0.29) is 41.0 Å². The van der Waals surface area contributed by atoms with Gasteiger partial charge in [-0.25, -0.2) is 19.6 Å². The van der Waals surface area contributed by atoms with E-state index in [0.29, 0.717) is 58.0 Å². The normalized spacial score (nSPS) is 10.9. The van der Waals surface area contributed by atoms with Crippen LogP contribution in [0.3, 0.4) is 0 Å². The average Bonchev–Trinajstić information content (AvgIpc) is 3.75. The van der Waals surface area contributed by atoms with Crippen molar-refractivity contribution in [2.45, 2.75) is 52.2 Å². The number of aromatic nitrogens is 12. The largest absolute Gasteiger partial charge is 0.437 e. The Morgan fingerprint density at radius 2 is 1.19 bits per heavy atom. The molecule has 0 aliphatic rings. The van der Waals surface area contributed by atoms with Gasteiger partial charge in [-0.05, 0) is 73.2 Å². The minimum Gasteiger partial charge on any atom is -0.391 e. The van der Waals surface area contributed by atoms with E-state index in [9.17, 15) is 19.2 Å². The Labute approximate surface area is 335 Å². The zero-order valence-electron chi connectivity index (χ0n) is 30.2. The lowest BCUT2D eigenvalue weighted by molar-refractivity contribution is 0.434. The van der Waals surface area contributed by atoms with Crippen molar-refractivity contribution < 1.29 is 8.83 Å². The highest BCUT2D eigenvalue weighted by Crippen LogP contribution is 2.12. The van der Waals surface area contributed by atoms with Gasteiger partial charge in [-0.2, -0.15) is 19.6 Å². The number of H-pyrrole nitrogens is 1. The molecule has 0 radical (unpaired) electrons. The molecule has 0 spiro atoms. The zero-order valence-corrected chi connectivity index (χ0v) is 32.4. The van der Waals surface area contributed by atoms with Crippen molar-refractivity contribution in [1.29, 1.82) is 0 Å². The summed E-state index contributed by atoms with van der Waals surface area (Å²) in [4.78, 5) is 57.8. The van der Waals surface area contributed by atoms with Crippen LogP contribution in [-0.2, 0) is 38.4 Å². The maximum Gasteiger partial charge on any atom is 0.437 e. The molecule has 0 saturated heterocycles. The predicted molar refractivity (Wildman–Crippen MR) is 210 cm³/mol. The van der Waals surface area contributed by atoms with Crippen LogP contribution in [-0.4, -0.2) is 59.5 Å². The van der Waals surface area contributed by atoms with Crippen molar-refractivity contribution in [1.82, 2.24) is 59.5 Å². The van der Waals surface area contributed by atoms with Gasteiger partial charge < -0.3 is 13.8 Å². The van der Waals surface area contributed by atoms with Gasteiger partial charge in [0, 0.05) is 10.0 Å². The van der Waals surface area contributed by atoms with Crippen LogP contribution in [0.2, 0.25) is 10.0 Å². The summed E-state index contributed by atoms with van der Waals surface area (Å²) in [6.45, 7) is 4.36. The third-order valence-electron chi connectivity index (χ3n) is 8.21. The summed E-state index contributed by atoms with van der Waals surface area (Å²) in [7, 11) is 0. The summed E-state index contributed by atoms with van der Waals surface area (Å²) in [5.74, 6) is -0.581. The molecule has 1 N–H and O–H groups in total. The Hall–Kier alpha value is -6.37. The summed E-state index contributed by atoms with van der Waals surface area (Å²) in [5.41, 5.74) is 3.75. The van der Waals surface area contributed by atoms with E-state index in [1.165, 1.54) is 32.8 Å². The fourth-order valence-electron chi connectivity index (χ4n) is 5.32. The van der Waals surface area contributed by atoms with Gasteiger partial charge in [0.25, 0.3) is 11.1 Å². The summed E-state index contributed by atoms with van der Waals surface area (Å²) >= 11 is 17.2. The molecule has 6 aromatic heterocycles. The van der Waals surface area contributed by atoms with Gasteiger partial charge in [0.2, 0.25) is 11.8 Å². The highest BCUT2D eigenvalue weighted by molar-refractivity contribution is 6.30. The van der Waals surface area contributed by atoms with Gasteiger partial charge in [0.15, 0.2) is 11.3 Å². The van der Waals surface area contributed by atoms with E-state index >= 15 is 0 Å². The molecular formula is C36H31Cl3N12O6. The van der Waals surface area contributed by atoms with E-state index in [4.69, 9.17) is 43.6 Å². The van der Waals surface area contributed by atoms with Gasteiger partial charge in [0.05, 0.1) is 42.6 Å². The molecule has 6 heterocycles. The van der Waals surface area contributed by atoms with Gasteiger partial charge in [-0.15, -0.1) is 32.0 Å². The first-order valence-corrected chi connectivity index (χ1v) is 18.3. The van der Waals surface area contributed by atoms with Gasteiger partial charge in [0.1, 0.15) is 18.8 Å². The van der Waals surface area contributed by atoms with Gasteiger partial charge >= 0.3 is 11.5 Å². The second-order valence-electron chi connectivity index (χ2n) is 12.2. The van der Waals surface area contributed by atoms with Crippen LogP contribution in [0.4, 0.5) is 0 Å². The first-order valence-electron chi connectivity index (χ1n) is 17.0. The molecule has 21 heteroatoms. The maximum absolute atomic E-state index is 12.7. The second kappa shape index (κ2) is 18.5. The Bertz CT molecular complexity index is 2860. The number of alkyl halides is 1. The van der Waals surface area contributed by atoms with Crippen molar-refractivity contribution in [3.63, 3.8) is 0 Å². The summed E-state index contributed by atoms with van der Waals surface area (Å²) in [6.07, 6.45) is 6.98. The van der Waals surface area contributed by atoms with Crippen LogP contribution in [0.5, 0.6) is 0 Å². The standard InChI is InChI=1S/C18H15ClN6O3.C11H10Cl2N2O2.C7H6N4O/c1-11-8-21-22-16-15(11)17(26)24(10-20-16)9-14-23-25(18(27)28-14)7-6-12-2-4-13(19)5-3-12;12-7-10-14-15(11(16)17-10)6-5-8-1-3-9(13)4-2-8;1-4-2-10-11-6-5(4)7(12)9-3-8-6/h2-5,8,10H,6-7,9H2,1H3;1-4H,5-7H2;2-3H,1H3,(H,8,9,11,12). The van der Waals surface area contributed by atoms with E-state index in [2.05, 4.69) is 45.5 Å². The SMILES string of the molecule is Cc1cnnc2nc[nH]c(=O)c12.Cc1cnnc2ncn(Cc3nn(CCc4ccc(Cl)cc4)c(=O)o3)c(=O)c12.O=c1oc(CCl)nn1CCc1ccc(Cl)cc1. The lowest BCUT2D eigenvalue weighted by Crippen LogP contribution is -2.22. The number of hydrogen-bond acceptors (Lipinski definition) is 14. The van der Waals surface area contributed by atoms with E-state index in [1.807, 2.05) is 36.4 Å². The number of aryl methyl sites for hydroxylation is 6. The number of nitrogens with zero attached hydrogens (tertiary/aromatic N) is 11. The monoisotopic (exact) mass is 832 g/mol. The van der Waals surface area contributed by atoms with E-state index < -0.39 is 11.5 Å². The second-order valence-corrected chi connectivity index (χ2v) is 13.4. The Kier molecular flexibility index (Phi) is 13.1. The number of hydrogen-bond donors (Lipinski definition) is 1. The predicted octanol–water partition coefficient (Wildman–Crippen LogP) is 4.08. The molecule has 0 saturated carbocycles.